The highest BCUT2D eigenvalue weighted by molar-refractivity contribution is 8.03. The largest absolute Gasteiger partial charge is 0.322 e. The standard InChI is InChI=1S/C16H14ClNOS2/c1-9-10(2)21-14-7-15(20-8-13(9)14)16(19)18-12-5-3-11(17)4-6-12/h3-7H,8H2,1-2H3,(H,18,19). The molecule has 5 heteroatoms. The Hall–Kier alpha value is -1.23. The van der Waals surface area contributed by atoms with Crippen molar-refractivity contribution in [1.82, 2.24) is 0 Å². The minimum Gasteiger partial charge on any atom is -0.322 e. The fourth-order valence-electron chi connectivity index (χ4n) is 2.16. The van der Waals surface area contributed by atoms with Crippen molar-refractivity contribution in [1.29, 1.82) is 0 Å². The monoisotopic (exact) mass is 335 g/mol. The molecule has 0 unspecified atom stereocenters. The lowest BCUT2D eigenvalue weighted by Gasteiger charge is -2.13. The summed E-state index contributed by atoms with van der Waals surface area (Å²) in [5.74, 6) is 0.808. The third-order valence-electron chi connectivity index (χ3n) is 3.50. The summed E-state index contributed by atoms with van der Waals surface area (Å²) in [7, 11) is 0. The van der Waals surface area contributed by atoms with E-state index >= 15 is 0 Å². The van der Waals surface area contributed by atoms with Crippen LogP contribution in [0.3, 0.4) is 0 Å². The molecule has 1 aromatic heterocycles. The molecular formula is C16H14ClNOS2. The van der Waals surface area contributed by atoms with Crippen molar-refractivity contribution in [2.45, 2.75) is 19.6 Å². The average Bonchev–Trinajstić information content (AvgIpc) is 2.76. The zero-order valence-corrected chi connectivity index (χ0v) is 14.1. The van der Waals surface area contributed by atoms with Crippen molar-refractivity contribution in [2.75, 3.05) is 5.32 Å². The molecule has 1 aliphatic rings. The Balaban J connectivity index is 1.81. The number of aryl methyl sites for hydroxylation is 1. The molecule has 1 amide bonds. The molecule has 2 aromatic rings. The first kappa shape index (κ1) is 14.7. The number of halogens is 1. The van der Waals surface area contributed by atoms with Gasteiger partial charge in [-0.2, -0.15) is 0 Å². The zero-order valence-electron chi connectivity index (χ0n) is 11.7. The highest BCUT2D eigenvalue weighted by Crippen LogP contribution is 2.39. The number of rotatable bonds is 2. The second kappa shape index (κ2) is 5.87. The van der Waals surface area contributed by atoms with Gasteiger partial charge < -0.3 is 5.32 Å². The summed E-state index contributed by atoms with van der Waals surface area (Å²) in [6, 6.07) is 7.14. The number of hydrogen-bond donors (Lipinski definition) is 1. The van der Waals surface area contributed by atoms with E-state index < -0.39 is 0 Å². The summed E-state index contributed by atoms with van der Waals surface area (Å²) in [4.78, 5) is 15.6. The Bertz CT molecular complexity index is 731. The van der Waals surface area contributed by atoms with E-state index in [0.29, 0.717) is 5.02 Å². The molecule has 0 radical (unpaired) electrons. The molecule has 2 nitrogen and oxygen atoms in total. The highest BCUT2D eigenvalue weighted by atomic mass is 35.5. The Morgan fingerprint density at radius 1 is 1.24 bits per heavy atom. The van der Waals surface area contributed by atoms with Gasteiger partial charge in [-0.25, -0.2) is 0 Å². The lowest BCUT2D eigenvalue weighted by molar-refractivity contribution is -0.112. The Kier molecular flexibility index (Phi) is 4.11. The lowest BCUT2D eigenvalue weighted by atomic mass is 10.1. The molecule has 3 rings (SSSR count). The molecule has 1 N–H and O–H groups in total. The molecule has 108 valence electrons. The number of amides is 1. The molecule has 0 spiro atoms. The molecule has 21 heavy (non-hydrogen) atoms. The second-order valence-electron chi connectivity index (χ2n) is 4.88. The summed E-state index contributed by atoms with van der Waals surface area (Å²) < 4.78 is 0. The number of hydrogen-bond acceptors (Lipinski definition) is 3. The molecular weight excluding hydrogens is 322 g/mol. The van der Waals surface area contributed by atoms with Crippen molar-refractivity contribution < 1.29 is 4.79 Å². The van der Waals surface area contributed by atoms with E-state index in [1.54, 1.807) is 47.4 Å². The van der Waals surface area contributed by atoms with E-state index in [4.69, 9.17) is 11.6 Å². The average molecular weight is 336 g/mol. The summed E-state index contributed by atoms with van der Waals surface area (Å²) in [6.45, 7) is 4.28. The highest BCUT2D eigenvalue weighted by Gasteiger charge is 2.21. The van der Waals surface area contributed by atoms with Crippen LogP contribution < -0.4 is 5.32 Å². The minimum atomic E-state index is -0.0586. The molecule has 0 saturated heterocycles. The van der Waals surface area contributed by atoms with Gasteiger partial charge >= 0.3 is 0 Å². The van der Waals surface area contributed by atoms with Crippen LogP contribution in [0.25, 0.3) is 6.08 Å². The van der Waals surface area contributed by atoms with E-state index in [1.807, 2.05) is 6.08 Å². The Labute approximate surface area is 137 Å². The van der Waals surface area contributed by atoms with Crippen LogP contribution in [-0.4, -0.2) is 5.91 Å². The van der Waals surface area contributed by atoms with E-state index in [2.05, 4.69) is 19.2 Å². The summed E-state index contributed by atoms with van der Waals surface area (Å²) in [6.07, 6.45) is 2.00. The van der Waals surface area contributed by atoms with Crippen LogP contribution in [0.15, 0.2) is 29.2 Å². The van der Waals surface area contributed by atoms with Crippen LogP contribution in [0.2, 0.25) is 5.02 Å². The number of thiophene rings is 1. The van der Waals surface area contributed by atoms with E-state index in [-0.39, 0.29) is 5.91 Å². The van der Waals surface area contributed by atoms with Gasteiger partial charge in [-0.3, -0.25) is 4.79 Å². The normalized spacial score (nSPS) is 13.6. The van der Waals surface area contributed by atoms with Crippen molar-refractivity contribution >= 4 is 52.4 Å². The maximum atomic E-state index is 12.3. The maximum Gasteiger partial charge on any atom is 0.262 e. The molecule has 0 bridgehead atoms. The van der Waals surface area contributed by atoms with Crippen molar-refractivity contribution in [3.05, 3.63) is 55.1 Å². The Morgan fingerprint density at radius 3 is 2.67 bits per heavy atom. The predicted octanol–water partition coefficient (Wildman–Crippen LogP) is 5.24. The third kappa shape index (κ3) is 3.03. The summed E-state index contributed by atoms with van der Waals surface area (Å²) >= 11 is 9.20. The van der Waals surface area contributed by atoms with Crippen LogP contribution in [0.4, 0.5) is 5.69 Å². The van der Waals surface area contributed by atoms with Gasteiger partial charge in [-0.15, -0.1) is 23.1 Å². The fraction of sp³-hybridized carbons (Fsp3) is 0.188. The van der Waals surface area contributed by atoms with Gasteiger partial charge in [-0.1, -0.05) is 11.6 Å². The van der Waals surface area contributed by atoms with E-state index in [9.17, 15) is 4.79 Å². The van der Waals surface area contributed by atoms with Crippen LogP contribution in [0.1, 0.15) is 20.9 Å². The van der Waals surface area contributed by atoms with Crippen LogP contribution >= 0.6 is 34.7 Å². The minimum absolute atomic E-state index is 0.0586. The van der Waals surface area contributed by atoms with Gasteiger partial charge in [0.15, 0.2) is 0 Å². The van der Waals surface area contributed by atoms with Crippen molar-refractivity contribution in [3.63, 3.8) is 0 Å². The number of carbonyl (C=O) groups is 1. The van der Waals surface area contributed by atoms with Crippen molar-refractivity contribution in [3.8, 4) is 0 Å². The van der Waals surface area contributed by atoms with E-state index in [0.717, 1.165) is 16.3 Å². The van der Waals surface area contributed by atoms with Gasteiger partial charge in [0, 0.05) is 26.2 Å². The number of carbonyl (C=O) groups excluding carboxylic acids is 1. The number of fused-ring (bicyclic) bond motifs is 1. The van der Waals surface area contributed by atoms with Gasteiger partial charge in [0.25, 0.3) is 5.91 Å². The van der Waals surface area contributed by atoms with Gasteiger partial charge in [0.05, 0.1) is 4.91 Å². The maximum absolute atomic E-state index is 12.3. The number of benzene rings is 1. The van der Waals surface area contributed by atoms with Crippen molar-refractivity contribution in [2.24, 2.45) is 0 Å². The first-order valence-electron chi connectivity index (χ1n) is 6.55. The van der Waals surface area contributed by atoms with Gasteiger partial charge in [-0.05, 0) is 55.3 Å². The smallest absolute Gasteiger partial charge is 0.262 e. The second-order valence-corrected chi connectivity index (χ2v) is 7.59. The molecule has 1 aliphatic heterocycles. The lowest BCUT2D eigenvalue weighted by Crippen LogP contribution is -2.14. The fourth-order valence-corrected chi connectivity index (χ4v) is 4.64. The molecule has 0 saturated carbocycles. The zero-order chi connectivity index (χ0) is 15.0. The molecule has 1 aromatic carbocycles. The third-order valence-corrected chi connectivity index (χ3v) is 6.00. The predicted molar refractivity (Wildman–Crippen MR) is 93.1 cm³/mol. The number of nitrogens with one attached hydrogen (secondary N) is 1. The molecule has 0 fully saturated rings. The quantitative estimate of drug-likeness (QED) is 0.812. The summed E-state index contributed by atoms with van der Waals surface area (Å²) in [5, 5.41) is 3.57. The van der Waals surface area contributed by atoms with E-state index in [1.165, 1.54) is 20.9 Å². The SMILES string of the molecule is Cc1sc2c(c1C)CSC(C(=O)Nc1ccc(Cl)cc1)=C2. The number of thioether (sulfide) groups is 1. The first-order chi connectivity index (χ1) is 10.0. The number of anilines is 1. The molecule has 2 heterocycles. The molecule has 0 atom stereocenters. The van der Waals surface area contributed by atoms with Crippen LogP contribution in [0, 0.1) is 13.8 Å². The topological polar surface area (TPSA) is 29.1 Å². The Morgan fingerprint density at radius 2 is 1.95 bits per heavy atom. The van der Waals surface area contributed by atoms with Gasteiger partial charge in [0.1, 0.15) is 0 Å². The van der Waals surface area contributed by atoms with Crippen LogP contribution in [0.5, 0.6) is 0 Å². The first-order valence-corrected chi connectivity index (χ1v) is 8.73. The van der Waals surface area contributed by atoms with Gasteiger partial charge in [0.2, 0.25) is 0 Å². The van der Waals surface area contributed by atoms with Crippen LogP contribution in [-0.2, 0) is 10.5 Å². The molecule has 0 aliphatic carbocycles. The summed E-state index contributed by atoms with van der Waals surface area (Å²) in [5.41, 5.74) is 3.48.